The first-order valence-corrected chi connectivity index (χ1v) is 10.8. The minimum absolute atomic E-state index is 0.212. The average molecular weight is 444 g/mol. The summed E-state index contributed by atoms with van der Waals surface area (Å²) in [6, 6.07) is 5.97. The second-order valence-electron chi connectivity index (χ2n) is 7.34. The zero-order chi connectivity index (χ0) is 22.9. The summed E-state index contributed by atoms with van der Waals surface area (Å²) in [5, 5.41) is 3.02. The molecule has 2 heterocycles. The Balaban J connectivity index is 1.77. The molecule has 9 heteroatoms. The fourth-order valence-electron chi connectivity index (χ4n) is 3.38. The van der Waals surface area contributed by atoms with Crippen LogP contribution in [0.3, 0.4) is 0 Å². The van der Waals surface area contributed by atoms with Crippen molar-refractivity contribution >= 4 is 45.8 Å². The summed E-state index contributed by atoms with van der Waals surface area (Å²) in [6.07, 6.45) is 0. The Labute approximate surface area is 184 Å². The van der Waals surface area contributed by atoms with Crippen LogP contribution in [-0.2, 0) is 14.3 Å². The van der Waals surface area contributed by atoms with E-state index in [9.17, 15) is 19.2 Å². The highest BCUT2D eigenvalue weighted by Gasteiger charge is 2.44. The molecule has 1 saturated heterocycles. The summed E-state index contributed by atoms with van der Waals surface area (Å²) in [5.41, 5.74) is 2.65. The van der Waals surface area contributed by atoms with Crippen molar-refractivity contribution in [2.75, 3.05) is 23.4 Å². The van der Waals surface area contributed by atoms with E-state index in [-0.39, 0.29) is 6.61 Å². The van der Waals surface area contributed by atoms with E-state index in [0.29, 0.717) is 16.3 Å². The van der Waals surface area contributed by atoms with Crippen LogP contribution in [0.2, 0.25) is 0 Å². The van der Waals surface area contributed by atoms with E-state index in [2.05, 4.69) is 5.32 Å². The normalized spacial score (nSPS) is 16.1. The third-order valence-corrected chi connectivity index (χ3v) is 6.30. The Hall–Kier alpha value is -3.20. The van der Waals surface area contributed by atoms with Crippen LogP contribution in [0.25, 0.3) is 0 Å². The third kappa shape index (κ3) is 4.32. The second-order valence-corrected chi connectivity index (χ2v) is 8.57. The predicted molar refractivity (Wildman–Crippen MR) is 119 cm³/mol. The first kappa shape index (κ1) is 22.5. The molecule has 1 aliphatic rings. The number of rotatable bonds is 6. The molecule has 0 spiro atoms. The average Bonchev–Trinajstić information content (AvgIpc) is 3.10. The van der Waals surface area contributed by atoms with Crippen LogP contribution in [0.15, 0.2) is 24.3 Å². The standard InChI is InChI=1S/C22H25N3O5S/c1-6-30-21(28)18-13(3)15(5)31-19(18)23-17(26)11-24-20(27)14(4)25(22(24)29)16-9-7-12(2)8-10-16/h7-10,14H,6,11H2,1-5H3,(H,23,26)/t14-/m1/s1. The van der Waals surface area contributed by atoms with Crippen molar-refractivity contribution in [2.45, 2.75) is 40.7 Å². The predicted octanol–water partition coefficient (Wildman–Crippen LogP) is 3.65. The topological polar surface area (TPSA) is 96.0 Å². The zero-order valence-electron chi connectivity index (χ0n) is 18.1. The van der Waals surface area contributed by atoms with Gasteiger partial charge in [-0.25, -0.2) is 9.59 Å². The van der Waals surface area contributed by atoms with Crippen molar-refractivity contribution in [3.8, 4) is 0 Å². The Morgan fingerprint density at radius 2 is 1.77 bits per heavy atom. The van der Waals surface area contributed by atoms with Crippen molar-refractivity contribution in [1.29, 1.82) is 0 Å². The molecule has 4 amide bonds. The maximum atomic E-state index is 12.9. The van der Waals surface area contributed by atoms with Crippen LogP contribution in [0.5, 0.6) is 0 Å². The minimum Gasteiger partial charge on any atom is -0.462 e. The van der Waals surface area contributed by atoms with Gasteiger partial charge >= 0.3 is 12.0 Å². The number of anilines is 2. The Morgan fingerprint density at radius 3 is 2.39 bits per heavy atom. The highest BCUT2D eigenvalue weighted by molar-refractivity contribution is 7.16. The molecule has 1 aromatic carbocycles. The maximum absolute atomic E-state index is 12.9. The van der Waals surface area contributed by atoms with Gasteiger partial charge in [0, 0.05) is 10.6 Å². The van der Waals surface area contributed by atoms with Crippen LogP contribution in [0.1, 0.15) is 40.2 Å². The van der Waals surface area contributed by atoms with E-state index in [1.165, 1.54) is 16.2 Å². The molecule has 0 saturated carbocycles. The molecule has 0 aliphatic carbocycles. The summed E-state index contributed by atoms with van der Waals surface area (Å²) in [4.78, 5) is 53.7. The molecule has 1 aliphatic heterocycles. The van der Waals surface area contributed by atoms with Crippen molar-refractivity contribution in [3.05, 3.63) is 45.8 Å². The molecule has 2 aromatic rings. The van der Waals surface area contributed by atoms with Crippen molar-refractivity contribution in [3.63, 3.8) is 0 Å². The highest BCUT2D eigenvalue weighted by Crippen LogP contribution is 2.33. The lowest BCUT2D eigenvalue weighted by Gasteiger charge is -2.19. The number of aryl methyl sites for hydroxylation is 2. The van der Waals surface area contributed by atoms with Gasteiger partial charge in [-0.3, -0.25) is 19.4 Å². The molecular weight excluding hydrogens is 418 g/mol. The first-order valence-electron chi connectivity index (χ1n) is 9.93. The highest BCUT2D eigenvalue weighted by atomic mass is 32.1. The van der Waals surface area contributed by atoms with Gasteiger partial charge in [0.25, 0.3) is 5.91 Å². The van der Waals surface area contributed by atoms with E-state index in [0.717, 1.165) is 20.9 Å². The molecule has 31 heavy (non-hydrogen) atoms. The molecule has 0 radical (unpaired) electrons. The lowest BCUT2D eigenvalue weighted by atomic mass is 10.1. The van der Waals surface area contributed by atoms with Crippen molar-refractivity contribution < 1.29 is 23.9 Å². The van der Waals surface area contributed by atoms with Crippen LogP contribution in [-0.4, -0.2) is 47.9 Å². The fraction of sp³-hybridized carbons (Fsp3) is 0.364. The zero-order valence-corrected chi connectivity index (χ0v) is 19.0. The minimum atomic E-state index is -0.718. The maximum Gasteiger partial charge on any atom is 0.341 e. The van der Waals surface area contributed by atoms with E-state index >= 15 is 0 Å². The van der Waals surface area contributed by atoms with Gasteiger partial charge < -0.3 is 10.1 Å². The summed E-state index contributed by atoms with van der Waals surface area (Å²) in [5.74, 6) is -1.54. The number of benzene rings is 1. The molecule has 8 nitrogen and oxygen atoms in total. The van der Waals surface area contributed by atoms with Gasteiger partial charge in [0.1, 0.15) is 17.6 Å². The van der Waals surface area contributed by atoms with Gasteiger partial charge in [-0.05, 0) is 52.3 Å². The SMILES string of the molecule is CCOC(=O)c1c(NC(=O)CN2C(=O)[C@@H](C)N(c3ccc(C)cc3)C2=O)sc(C)c1C. The summed E-state index contributed by atoms with van der Waals surface area (Å²) in [6.45, 7) is 8.65. The monoisotopic (exact) mass is 443 g/mol. The first-order chi connectivity index (χ1) is 14.6. The van der Waals surface area contributed by atoms with Crippen molar-refractivity contribution in [2.24, 2.45) is 0 Å². The fourth-order valence-corrected chi connectivity index (χ4v) is 4.45. The van der Waals surface area contributed by atoms with E-state index in [1.807, 2.05) is 26.0 Å². The molecule has 0 unspecified atom stereocenters. The third-order valence-electron chi connectivity index (χ3n) is 5.18. The number of carbonyl (C=O) groups is 4. The quantitative estimate of drug-likeness (QED) is 0.543. The van der Waals surface area contributed by atoms with Crippen LogP contribution < -0.4 is 10.2 Å². The molecule has 1 fully saturated rings. The number of thiophene rings is 1. The Kier molecular flexibility index (Phi) is 6.45. The number of imide groups is 1. The largest absolute Gasteiger partial charge is 0.462 e. The number of hydrogen-bond acceptors (Lipinski definition) is 6. The number of urea groups is 1. The number of hydrogen-bond donors (Lipinski definition) is 1. The second kappa shape index (κ2) is 8.89. The molecule has 0 bridgehead atoms. The molecule has 1 aromatic heterocycles. The van der Waals surface area contributed by atoms with Gasteiger partial charge in [-0.1, -0.05) is 17.7 Å². The van der Waals surface area contributed by atoms with Gasteiger partial charge in [0.2, 0.25) is 5.91 Å². The van der Waals surface area contributed by atoms with E-state index in [1.54, 1.807) is 32.9 Å². The van der Waals surface area contributed by atoms with Crippen molar-refractivity contribution in [1.82, 2.24) is 4.90 Å². The number of nitrogens with zero attached hydrogens (tertiary/aromatic N) is 2. The lowest BCUT2D eigenvalue weighted by Crippen LogP contribution is -2.39. The van der Waals surface area contributed by atoms with E-state index < -0.39 is 36.4 Å². The summed E-state index contributed by atoms with van der Waals surface area (Å²) >= 11 is 1.25. The van der Waals surface area contributed by atoms with Gasteiger partial charge in [-0.15, -0.1) is 11.3 Å². The van der Waals surface area contributed by atoms with Crippen LogP contribution >= 0.6 is 11.3 Å². The number of carbonyl (C=O) groups excluding carboxylic acids is 4. The molecule has 1 atom stereocenters. The van der Waals surface area contributed by atoms with E-state index in [4.69, 9.17) is 4.74 Å². The van der Waals surface area contributed by atoms with Gasteiger partial charge in [-0.2, -0.15) is 0 Å². The lowest BCUT2D eigenvalue weighted by molar-refractivity contribution is -0.130. The van der Waals surface area contributed by atoms with Crippen LogP contribution in [0.4, 0.5) is 15.5 Å². The summed E-state index contributed by atoms with van der Waals surface area (Å²) in [7, 11) is 0. The van der Waals surface area contributed by atoms with Crippen LogP contribution in [0, 0.1) is 20.8 Å². The molecule has 3 rings (SSSR count). The molecule has 164 valence electrons. The van der Waals surface area contributed by atoms with Gasteiger partial charge in [0.05, 0.1) is 12.2 Å². The number of amides is 4. The Morgan fingerprint density at radius 1 is 1.13 bits per heavy atom. The summed E-state index contributed by atoms with van der Waals surface area (Å²) < 4.78 is 5.09. The smallest absolute Gasteiger partial charge is 0.341 e. The van der Waals surface area contributed by atoms with Gasteiger partial charge in [0.15, 0.2) is 0 Å². The number of nitrogens with one attached hydrogen (secondary N) is 1. The Bertz CT molecular complexity index is 1040. The molecular formula is C22H25N3O5S. The molecule has 1 N–H and O–H groups in total. The number of ether oxygens (including phenoxy) is 1. The number of esters is 1.